The first kappa shape index (κ1) is 16.4. The summed E-state index contributed by atoms with van der Waals surface area (Å²) in [6, 6.07) is 7.02. The monoisotopic (exact) mass is 289 g/mol. The van der Waals surface area contributed by atoms with Gasteiger partial charge in [0.1, 0.15) is 0 Å². The van der Waals surface area contributed by atoms with Gasteiger partial charge in [-0.25, -0.2) is 0 Å². The molecule has 1 saturated carbocycles. The lowest BCUT2D eigenvalue weighted by Gasteiger charge is -2.35. The number of hydrogen-bond donors (Lipinski definition) is 1. The van der Waals surface area contributed by atoms with Gasteiger partial charge in [-0.1, -0.05) is 25.8 Å². The van der Waals surface area contributed by atoms with Gasteiger partial charge in [0, 0.05) is 24.8 Å². The highest BCUT2D eigenvalue weighted by Crippen LogP contribution is 2.25. The van der Waals surface area contributed by atoms with Crippen molar-refractivity contribution in [2.45, 2.75) is 58.5 Å². The Bertz CT molecular complexity index is 419. The Balaban J connectivity index is 1.86. The number of nitrogens with zero attached hydrogens (tertiary/aromatic N) is 2. The van der Waals surface area contributed by atoms with E-state index in [4.69, 9.17) is 0 Å². The summed E-state index contributed by atoms with van der Waals surface area (Å²) in [7, 11) is 2.23. The van der Waals surface area contributed by atoms with E-state index in [0.717, 1.165) is 24.7 Å². The second-order valence-corrected chi connectivity index (χ2v) is 6.57. The molecule has 0 aliphatic heterocycles. The molecule has 0 bridgehead atoms. The Labute approximate surface area is 130 Å². The zero-order chi connectivity index (χ0) is 15.1. The minimum Gasteiger partial charge on any atom is -0.314 e. The first-order valence-electron chi connectivity index (χ1n) is 8.53. The molecule has 0 saturated heterocycles. The van der Waals surface area contributed by atoms with Crippen LogP contribution in [0.3, 0.4) is 0 Å². The third kappa shape index (κ3) is 5.40. The molecule has 1 aromatic heterocycles. The second-order valence-electron chi connectivity index (χ2n) is 6.57. The summed E-state index contributed by atoms with van der Waals surface area (Å²) in [6.45, 7) is 7.61. The van der Waals surface area contributed by atoms with Gasteiger partial charge in [-0.2, -0.15) is 0 Å². The molecule has 118 valence electrons. The van der Waals surface area contributed by atoms with Gasteiger partial charge in [0.25, 0.3) is 0 Å². The molecule has 1 aliphatic rings. The fourth-order valence-corrected chi connectivity index (χ4v) is 3.45. The maximum atomic E-state index is 4.62. The predicted octanol–water partition coefficient (Wildman–Crippen LogP) is 3.38. The molecule has 1 aliphatic carbocycles. The number of rotatable bonds is 7. The minimum atomic E-state index is 0.714. The van der Waals surface area contributed by atoms with E-state index in [0.29, 0.717) is 6.04 Å². The second kappa shape index (κ2) is 8.50. The molecule has 0 amide bonds. The number of pyridine rings is 1. The summed E-state index contributed by atoms with van der Waals surface area (Å²) in [5, 5.41) is 3.76. The van der Waals surface area contributed by atoms with Crippen molar-refractivity contribution in [2.24, 2.45) is 5.92 Å². The van der Waals surface area contributed by atoms with E-state index in [9.17, 15) is 0 Å². The molecule has 0 spiro atoms. The summed E-state index contributed by atoms with van der Waals surface area (Å²) >= 11 is 0. The van der Waals surface area contributed by atoms with E-state index in [1.807, 2.05) is 0 Å². The van der Waals surface area contributed by atoms with Gasteiger partial charge in [0.15, 0.2) is 0 Å². The minimum absolute atomic E-state index is 0.714. The molecule has 2 atom stereocenters. The quantitative estimate of drug-likeness (QED) is 0.834. The van der Waals surface area contributed by atoms with Crippen LogP contribution in [-0.2, 0) is 6.54 Å². The lowest BCUT2D eigenvalue weighted by Crippen LogP contribution is -2.43. The number of aromatic nitrogens is 1. The summed E-state index contributed by atoms with van der Waals surface area (Å²) in [6.07, 6.45) is 6.73. The molecule has 3 nitrogen and oxygen atoms in total. The Kier molecular flexibility index (Phi) is 6.65. The van der Waals surface area contributed by atoms with E-state index >= 15 is 0 Å². The molecule has 1 heterocycles. The fourth-order valence-electron chi connectivity index (χ4n) is 3.45. The van der Waals surface area contributed by atoms with Crippen LogP contribution in [0.25, 0.3) is 0 Å². The van der Waals surface area contributed by atoms with Gasteiger partial charge in [-0.15, -0.1) is 0 Å². The Morgan fingerprint density at radius 1 is 1.29 bits per heavy atom. The summed E-state index contributed by atoms with van der Waals surface area (Å²) in [5.74, 6) is 0.792. The summed E-state index contributed by atoms with van der Waals surface area (Å²) < 4.78 is 0. The molecule has 3 heteroatoms. The van der Waals surface area contributed by atoms with Crippen molar-refractivity contribution in [3.05, 3.63) is 29.6 Å². The number of hydrogen-bond acceptors (Lipinski definition) is 3. The normalized spacial score (nSPS) is 22.7. The standard InChI is InChI=1S/C18H31N3/c1-4-12-19-18-11-6-5-9-16(18)13-21(3)14-17-10-7-8-15(2)20-17/h7-8,10,16,18-19H,4-6,9,11-14H2,1-3H3. The number of aryl methyl sites for hydroxylation is 1. The van der Waals surface area contributed by atoms with E-state index in [-0.39, 0.29) is 0 Å². The van der Waals surface area contributed by atoms with Crippen LogP contribution in [0.1, 0.15) is 50.4 Å². The highest BCUT2D eigenvalue weighted by atomic mass is 15.1. The molecule has 0 aromatic carbocycles. The fraction of sp³-hybridized carbons (Fsp3) is 0.722. The molecule has 1 N–H and O–H groups in total. The lowest BCUT2D eigenvalue weighted by molar-refractivity contribution is 0.184. The number of nitrogens with one attached hydrogen (secondary N) is 1. The predicted molar refractivity (Wildman–Crippen MR) is 89.3 cm³/mol. The molecule has 21 heavy (non-hydrogen) atoms. The molecule has 1 fully saturated rings. The highest BCUT2D eigenvalue weighted by molar-refractivity contribution is 5.09. The molecule has 1 aromatic rings. The van der Waals surface area contributed by atoms with Crippen LogP contribution in [0.15, 0.2) is 18.2 Å². The summed E-state index contributed by atoms with van der Waals surface area (Å²) in [5.41, 5.74) is 2.30. The first-order valence-corrected chi connectivity index (χ1v) is 8.53. The van der Waals surface area contributed by atoms with Gasteiger partial charge in [0.05, 0.1) is 5.69 Å². The first-order chi connectivity index (χ1) is 10.2. The van der Waals surface area contributed by atoms with Crippen molar-refractivity contribution in [1.82, 2.24) is 15.2 Å². The maximum absolute atomic E-state index is 4.62. The van der Waals surface area contributed by atoms with Crippen LogP contribution in [0, 0.1) is 12.8 Å². The van der Waals surface area contributed by atoms with Crippen molar-refractivity contribution < 1.29 is 0 Å². The van der Waals surface area contributed by atoms with Crippen LogP contribution in [-0.4, -0.2) is 36.1 Å². The van der Waals surface area contributed by atoms with E-state index in [1.165, 1.54) is 44.3 Å². The van der Waals surface area contributed by atoms with Crippen LogP contribution in [0.4, 0.5) is 0 Å². The zero-order valence-electron chi connectivity index (χ0n) is 13.9. The van der Waals surface area contributed by atoms with Gasteiger partial charge in [-0.05, 0) is 57.8 Å². The van der Waals surface area contributed by atoms with E-state index in [2.05, 4.69) is 54.3 Å². The largest absolute Gasteiger partial charge is 0.314 e. The highest BCUT2D eigenvalue weighted by Gasteiger charge is 2.25. The van der Waals surface area contributed by atoms with Crippen LogP contribution < -0.4 is 5.32 Å². The SMILES string of the molecule is CCCNC1CCCCC1CN(C)Cc1cccc(C)n1. The van der Waals surface area contributed by atoms with Crippen LogP contribution in [0.2, 0.25) is 0 Å². The van der Waals surface area contributed by atoms with Gasteiger partial charge < -0.3 is 10.2 Å². The summed E-state index contributed by atoms with van der Waals surface area (Å²) in [4.78, 5) is 7.06. The zero-order valence-corrected chi connectivity index (χ0v) is 13.9. The smallest absolute Gasteiger partial charge is 0.0547 e. The average molecular weight is 289 g/mol. The Morgan fingerprint density at radius 2 is 2.10 bits per heavy atom. The van der Waals surface area contributed by atoms with E-state index < -0.39 is 0 Å². The molecular weight excluding hydrogens is 258 g/mol. The molecule has 2 unspecified atom stereocenters. The van der Waals surface area contributed by atoms with E-state index in [1.54, 1.807) is 0 Å². The molecule has 0 radical (unpaired) electrons. The molecular formula is C18H31N3. The van der Waals surface area contributed by atoms with Crippen molar-refractivity contribution in [3.63, 3.8) is 0 Å². The van der Waals surface area contributed by atoms with Gasteiger partial charge in [-0.3, -0.25) is 4.98 Å². The lowest BCUT2D eigenvalue weighted by atomic mass is 9.84. The van der Waals surface area contributed by atoms with Crippen molar-refractivity contribution in [1.29, 1.82) is 0 Å². The van der Waals surface area contributed by atoms with Crippen LogP contribution >= 0.6 is 0 Å². The Hall–Kier alpha value is -0.930. The van der Waals surface area contributed by atoms with Crippen molar-refractivity contribution in [3.8, 4) is 0 Å². The Morgan fingerprint density at radius 3 is 2.86 bits per heavy atom. The maximum Gasteiger partial charge on any atom is 0.0547 e. The molecule has 2 rings (SSSR count). The van der Waals surface area contributed by atoms with Crippen LogP contribution in [0.5, 0.6) is 0 Å². The van der Waals surface area contributed by atoms with Gasteiger partial charge in [0.2, 0.25) is 0 Å². The topological polar surface area (TPSA) is 28.2 Å². The third-order valence-electron chi connectivity index (χ3n) is 4.49. The van der Waals surface area contributed by atoms with Crippen molar-refractivity contribution >= 4 is 0 Å². The van der Waals surface area contributed by atoms with Gasteiger partial charge >= 0.3 is 0 Å². The van der Waals surface area contributed by atoms with Crippen molar-refractivity contribution in [2.75, 3.05) is 20.1 Å². The third-order valence-corrected chi connectivity index (χ3v) is 4.49. The average Bonchev–Trinajstić information content (AvgIpc) is 2.46.